The normalized spacial score (nSPS) is 10.4. The molecule has 2 rings (SSSR count). The van der Waals surface area contributed by atoms with Crippen molar-refractivity contribution in [1.82, 2.24) is 0 Å². The number of ether oxygens (including phenoxy) is 1. The van der Waals surface area contributed by atoms with E-state index in [1.54, 1.807) is 7.11 Å². The Labute approximate surface area is 136 Å². The fourth-order valence-electron chi connectivity index (χ4n) is 2.71. The number of methoxy groups -OCH3 is 1. The molecule has 0 amide bonds. The van der Waals surface area contributed by atoms with Crippen LogP contribution in [0.1, 0.15) is 61.8 Å². The first-order chi connectivity index (χ1) is 10.4. The van der Waals surface area contributed by atoms with Crippen molar-refractivity contribution in [3.05, 3.63) is 64.7 Å². The summed E-state index contributed by atoms with van der Waals surface area (Å²) in [7, 11) is 1.68. The van der Waals surface area contributed by atoms with Gasteiger partial charge in [-0.2, -0.15) is 0 Å². The van der Waals surface area contributed by atoms with Crippen molar-refractivity contribution in [2.24, 2.45) is 0 Å². The highest BCUT2D eigenvalue weighted by molar-refractivity contribution is 5.37. The molecule has 0 unspecified atom stereocenters. The van der Waals surface area contributed by atoms with Crippen molar-refractivity contribution in [1.29, 1.82) is 0 Å². The van der Waals surface area contributed by atoms with Crippen molar-refractivity contribution in [2.75, 3.05) is 7.11 Å². The van der Waals surface area contributed by atoms with Gasteiger partial charge in [0.05, 0.1) is 7.11 Å². The van der Waals surface area contributed by atoms with Crippen molar-refractivity contribution in [2.45, 2.75) is 53.4 Å². The molecule has 0 heterocycles. The lowest BCUT2D eigenvalue weighted by Crippen LogP contribution is -1.98. The molecule has 0 atom stereocenters. The summed E-state index contributed by atoms with van der Waals surface area (Å²) < 4.78 is 5.04. The predicted molar refractivity (Wildman–Crippen MR) is 97.1 cm³/mol. The summed E-state index contributed by atoms with van der Waals surface area (Å²) in [6.45, 7) is 13.3. The molecule has 0 spiro atoms. The van der Waals surface area contributed by atoms with Gasteiger partial charge in [-0.05, 0) is 54.0 Å². The maximum Gasteiger partial charge on any atom is 0.121 e. The second-order valence-electron chi connectivity index (χ2n) is 6.34. The third-order valence-electron chi connectivity index (χ3n) is 3.98. The minimum Gasteiger partial charge on any atom is -0.496 e. The van der Waals surface area contributed by atoms with Crippen LogP contribution in [-0.2, 0) is 0 Å². The summed E-state index contributed by atoms with van der Waals surface area (Å²) >= 11 is 0. The number of aryl methyl sites for hydroxylation is 1. The van der Waals surface area contributed by atoms with Crippen LogP contribution in [0, 0.1) is 13.8 Å². The molecule has 2 aromatic carbocycles. The van der Waals surface area contributed by atoms with Crippen LogP contribution in [0.25, 0.3) is 0 Å². The topological polar surface area (TPSA) is 9.23 Å². The third kappa shape index (κ3) is 4.91. The van der Waals surface area contributed by atoms with E-state index in [0.29, 0.717) is 11.8 Å². The van der Waals surface area contributed by atoms with E-state index in [2.05, 4.69) is 52.8 Å². The van der Waals surface area contributed by atoms with Crippen LogP contribution in [0.2, 0.25) is 0 Å². The monoisotopic (exact) mass is 298 g/mol. The zero-order chi connectivity index (χ0) is 16.7. The first-order valence-electron chi connectivity index (χ1n) is 8.07. The van der Waals surface area contributed by atoms with Gasteiger partial charge in [0, 0.05) is 0 Å². The standard InChI is InChI=1S/C13H20.C8H10O/c1-9(2)12-7-6-8-13(10(3)4)11(12)5;1-7-5-3-4-6-8(7)9-2/h6-10H,1-5H3;3-6H,1-2H3. The second kappa shape index (κ2) is 8.63. The van der Waals surface area contributed by atoms with E-state index < -0.39 is 0 Å². The Kier molecular flexibility index (Phi) is 7.17. The van der Waals surface area contributed by atoms with E-state index in [-0.39, 0.29) is 0 Å². The Morgan fingerprint density at radius 2 is 1.23 bits per heavy atom. The molecule has 0 N–H and O–H groups in total. The van der Waals surface area contributed by atoms with Gasteiger partial charge in [-0.15, -0.1) is 0 Å². The smallest absolute Gasteiger partial charge is 0.121 e. The molecule has 1 heteroatoms. The summed E-state index contributed by atoms with van der Waals surface area (Å²) in [6.07, 6.45) is 0. The first-order valence-corrected chi connectivity index (χ1v) is 8.07. The minimum atomic E-state index is 0.638. The van der Waals surface area contributed by atoms with E-state index in [9.17, 15) is 0 Å². The molecular formula is C21H30O. The van der Waals surface area contributed by atoms with Gasteiger partial charge >= 0.3 is 0 Å². The van der Waals surface area contributed by atoms with Crippen LogP contribution in [0.5, 0.6) is 5.75 Å². The van der Waals surface area contributed by atoms with Crippen molar-refractivity contribution < 1.29 is 4.74 Å². The lowest BCUT2D eigenvalue weighted by Gasteiger charge is -2.16. The van der Waals surface area contributed by atoms with Crippen LogP contribution in [-0.4, -0.2) is 7.11 Å². The summed E-state index contributed by atoms with van der Waals surface area (Å²) in [5.41, 5.74) is 5.64. The molecule has 0 aliphatic rings. The number of para-hydroxylation sites is 1. The summed E-state index contributed by atoms with van der Waals surface area (Å²) in [4.78, 5) is 0. The van der Waals surface area contributed by atoms with Gasteiger partial charge < -0.3 is 4.74 Å². The van der Waals surface area contributed by atoms with Crippen LogP contribution in [0.4, 0.5) is 0 Å². The number of hydrogen-bond donors (Lipinski definition) is 0. The minimum absolute atomic E-state index is 0.638. The molecule has 22 heavy (non-hydrogen) atoms. The molecule has 0 fully saturated rings. The van der Waals surface area contributed by atoms with E-state index in [1.807, 2.05) is 31.2 Å². The van der Waals surface area contributed by atoms with Crippen LogP contribution < -0.4 is 4.74 Å². The highest BCUT2D eigenvalue weighted by atomic mass is 16.5. The van der Waals surface area contributed by atoms with Gasteiger partial charge in [0.1, 0.15) is 5.75 Å². The highest BCUT2D eigenvalue weighted by Gasteiger charge is 2.08. The SMILES string of the molecule is COc1ccccc1C.Cc1c(C(C)C)cccc1C(C)C. The number of rotatable bonds is 3. The Bertz CT molecular complexity index is 556. The third-order valence-corrected chi connectivity index (χ3v) is 3.98. The Morgan fingerprint density at radius 3 is 1.59 bits per heavy atom. The lowest BCUT2D eigenvalue weighted by molar-refractivity contribution is 0.411. The molecule has 0 aromatic heterocycles. The van der Waals surface area contributed by atoms with Crippen molar-refractivity contribution in [3.8, 4) is 5.75 Å². The predicted octanol–water partition coefficient (Wildman–Crippen LogP) is 6.25. The van der Waals surface area contributed by atoms with Crippen molar-refractivity contribution in [3.63, 3.8) is 0 Å². The summed E-state index contributed by atoms with van der Waals surface area (Å²) in [6, 6.07) is 14.6. The van der Waals surface area contributed by atoms with E-state index in [1.165, 1.54) is 22.3 Å². The first kappa shape index (κ1) is 18.3. The van der Waals surface area contributed by atoms with Gasteiger partial charge in [0.25, 0.3) is 0 Å². The average Bonchev–Trinajstić information content (AvgIpc) is 2.48. The van der Waals surface area contributed by atoms with Gasteiger partial charge in [-0.25, -0.2) is 0 Å². The quantitative estimate of drug-likeness (QED) is 0.651. The fraction of sp³-hybridized carbons (Fsp3) is 0.429. The van der Waals surface area contributed by atoms with Crippen LogP contribution in [0.3, 0.4) is 0 Å². The van der Waals surface area contributed by atoms with Gasteiger partial charge in [-0.1, -0.05) is 64.1 Å². The van der Waals surface area contributed by atoms with Crippen LogP contribution >= 0.6 is 0 Å². The van der Waals surface area contributed by atoms with Gasteiger partial charge in [-0.3, -0.25) is 0 Å². The largest absolute Gasteiger partial charge is 0.496 e. The van der Waals surface area contributed by atoms with Gasteiger partial charge in [0.2, 0.25) is 0 Å². The summed E-state index contributed by atoms with van der Waals surface area (Å²) in [5.74, 6) is 2.23. The molecule has 0 aliphatic carbocycles. The second-order valence-corrected chi connectivity index (χ2v) is 6.34. The summed E-state index contributed by atoms with van der Waals surface area (Å²) in [5, 5.41) is 0. The molecule has 0 radical (unpaired) electrons. The molecular weight excluding hydrogens is 268 g/mol. The van der Waals surface area contributed by atoms with E-state index in [4.69, 9.17) is 4.74 Å². The van der Waals surface area contributed by atoms with Crippen molar-refractivity contribution >= 4 is 0 Å². The van der Waals surface area contributed by atoms with E-state index in [0.717, 1.165) is 5.75 Å². The molecule has 0 saturated carbocycles. The van der Waals surface area contributed by atoms with Gasteiger partial charge in [0.15, 0.2) is 0 Å². The zero-order valence-corrected chi connectivity index (χ0v) is 15.1. The molecule has 1 nitrogen and oxygen atoms in total. The average molecular weight is 298 g/mol. The number of benzene rings is 2. The molecule has 2 aromatic rings. The molecule has 0 bridgehead atoms. The zero-order valence-electron chi connectivity index (χ0n) is 15.1. The Morgan fingerprint density at radius 1 is 0.727 bits per heavy atom. The molecule has 0 aliphatic heterocycles. The molecule has 0 saturated heterocycles. The highest BCUT2D eigenvalue weighted by Crippen LogP contribution is 2.26. The fourth-order valence-corrected chi connectivity index (χ4v) is 2.71. The Balaban J connectivity index is 0.000000235. The Hall–Kier alpha value is -1.76. The number of hydrogen-bond acceptors (Lipinski definition) is 1. The van der Waals surface area contributed by atoms with Crippen LogP contribution in [0.15, 0.2) is 42.5 Å². The van der Waals surface area contributed by atoms with E-state index >= 15 is 0 Å². The molecule has 120 valence electrons. The maximum absolute atomic E-state index is 5.04. The maximum atomic E-state index is 5.04. The lowest BCUT2D eigenvalue weighted by atomic mass is 9.90.